The van der Waals surface area contributed by atoms with E-state index in [9.17, 15) is 0 Å². The van der Waals surface area contributed by atoms with Gasteiger partial charge in [0, 0.05) is 12.1 Å². The van der Waals surface area contributed by atoms with Crippen LogP contribution in [0.4, 0.5) is 0 Å². The molecule has 0 N–H and O–H groups in total. The van der Waals surface area contributed by atoms with E-state index in [0.717, 1.165) is 18.4 Å². The van der Waals surface area contributed by atoms with Crippen molar-refractivity contribution in [1.29, 1.82) is 0 Å². The zero-order chi connectivity index (χ0) is 15.5. The molecule has 0 atom stereocenters. The second kappa shape index (κ2) is 4.46. The van der Waals surface area contributed by atoms with Gasteiger partial charge in [-0.05, 0) is 45.1 Å². The number of imidazole rings is 1. The van der Waals surface area contributed by atoms with Gasteiger partial charge in [0.25, 0.3) is 0 Å². The maximum atomic E-state index is 6.17. The molecule has 1 saturated heterocycles. The summed E-state index contributed by atoms with van der Waals surface area (Å²) in [5.74, 6) is 0. The first kappa shape index (κ1) is 14.0. The van der Waals surface area contributed by atoms with Crippen LogP contribution in [-0.2, 0) is 22.3 Å². The first-order chi connectivity index (χ1) is 10.4. The van der Waals surface area contributed by atoms with Crippen molar-refractivity contribution in [3.05, 3.63) is 36.3 Å². The molecule has 1 fully saturated rings. The third-order valence-electron chi connectivity index (χ3n) is 5.27. The van der Waals surface area contributed by atoms with Gasteiger partial charge in [0.2, 0.25) is 0 Å². The highest BCUT2D eigenvalue weighted by Gasteiger charge is 2.51. The van der Waals surface area contributed by atoms with Gasteiger partial charge in [-0.2, -0.15) is 0 Å². The van der Waals surface area contributed by atoms with Gasteiger partial charge < -0.3 is 13.9 Å². The lowest BCUT2D eigenvalue weighted by Crippen LogP contribution is -2.41. The molecule has 0 aliphatic carbocycles. The summed E-state index contributed by atoms with van der Waals surface area (Å²) in [5.41, 5.74) is 4.25. The molecule has 1 aromatic heterocycles. The lowest BCUT2D eigenvalue weighted by atomic mass is 9.77. The van der Waals surface area contributed by atoms with Crippen molar-refractivity contribution >= 4 is 12.6 Å². The van der Waals surface area contributed by atoms with E-state index in [0.29, 0.717) is 0 Å². The summed E-state index contributed by atoms with van der Waals surface area (Å²) in [7, 11) is -0.311. The highest BCUT2D eigenvalue weighted by Crippen LogP contribution is 2.37. The average Bonchev–Trinajstić information content (AvgIpc) is 3.01. The topological polar surface area (TPSA) is 36.3 Å². The molecule has 2 aromatic rings. The van der Waals surface area contributed by atoms with E-state index < -0.39 is 0 Å². The second-order valence-corrected chi connectivity index (χ2v) is 7.23. The van der Waals surface area contributed by atoms with E-state index >= 15 is 0 Å². The number of benzene rings is 1. The summed E-state index contributed by atoms with van der Waals surface area (Å²) in [6, 6.07) is 6.53. The summed E-state index contributed by atoms with van der Waals surface area (Å²) in [6.45, 7) is 9.33. The Morgan fingerprint density at radius 3 is 2.59 bits per heavy atom. The summed E-state index contributed by atoms with van der Waals surface area (Å²) in [5, 5.41) is 0. The minimum Gasteiger partial charge on any atom is -0.399 e. The van der Waals surface area contributed by atoms with Crippen molar-refractivity contribution in [2.24, 2.45) is 0 Å². The molecule has 2 aliphatic heterocycles. The molecule has 0 spiro atoms. The maximum Gasteiger partial charge on any atom is 0.494 e. The number of hydrogen-bond donors (Lipinski definition) is 0. The maximum absolute atomic E-state index is 6.17. The van der Waals surface area contributed by atoms with Gasteiger partial charge in [-0.25, -0.2) is 4.98 Å². The van der Waals surface area contributed by atoms with Crippen molar-refractivity contribution in [2.45, 2.75) is 51.9 Å². The Kier molecular flexibility index (Phi) is 2.85. The lowest BCUT2D eigenvalue weighted by Gasteiger charge is -2.32. The quantitative estimate of drug-likeness (QED) is 0.758. The number of nitrogens with zero attached hydrogens (tertiary/aromatic N) is 2. The first-order valence-electron chi connectivity index (χ1n) is 7.86. The Bertz CT molecular complexity index is 720. The molecule has 5 heteroatoms. The minimum absolute atomic E-state index is 0.310. The van der Waals surface area contributed by atoms with E-state index in [-0.39, 0.29) is 18.3 Å². The average molecular weight is 296 g/mol. The van der Waals surface area contributed by atoms with E-state index in [2.05, 4.69) is 55.4 Å². The third-order valence-corrected chi connectivity index (χ3v) is 5.27. The molecule has 2 aliphatic rings. The molecule has 114 valence electrons. The van der Waals surface area contributed by atoms with Crippen LogP contribution in [0.1, 0.15) is 33.3 Å². The molecule has 0 amide bonds. The van der Waals surface area contributed by atoms with E-state index in [1.54, 1.807) is 0 Å². The number of aryl methyl sites for hydroxylation is 2. The van der Waals surface area contributed by atoms with Gasteiger partial charge in [0.05, 0.1) is 29.4 Å². The van der Waals surface area contributed by atoms with Gasteiger partial charge in [-0.15, -0.1) is 0 Å². The van der Waals surface area contributed by atoms with Gasteiger partial charge in [0.15, 0.2) is 0 Å². The second-order valence-electron chi connectivity index (χ2n) is 7.23. The molecule has 1 aromatic carbocycles. The van der Waals surface area contributed by atoms with Crippen LogP contribution in [0.3, 0.4) is 0 Å². The monoisotopic (exact) mass is 296 g/mol. The summed E-state index contributed by atoms with van der Waals surface area (Å²) in [6.07, 6.45) is 4.88. The fraction of sp³-hybridized carbons (Fsp3) is 0.471. The fourth-order valence-corrected chi connectivity index (χ4v) is 3.14. The Hall–Kier alpha value is -1.59. The number of aromatic nitrogens is 2. The Morgan fingerprint density at radius 2 is 1.86 bits per heavy atom. The van der Waals surface area contributed by atoms with Crippen LogP contribution in [0.2, 0.25) is 0 Å². The molecule has 22 heavy (non-hydrogen) atoms. The van der Waals surface area contributed by atoms with Gasteiger partial charge in [0.1, 0.15) is 0 Å². The van der Waals surface area contributed by atoms with Crippen LogP contribution in [0.25, 0.3) is 11.3 Å². The van der Waals surface area contributed by atoms with Crippen molar-refractivity contribution in [3.63, 3.8) is 0 Å². The van der Waals surface area contributed by atoms with Crippen LogP contribution in [0.5, 0.6) is 0 Å². The molecule has 0 radical (unpaired) electrons. The van der Waals surface area contributed by atoms with Crippen LogP contribution in [0.15, 0.2) is 30.7 Å². The van der Waals surface area contributed by atoms with Gasteiger partial charge in [-0.3, -0.25) is 0 Å². The minimum atomic E-state index is -0.311. The van der Waals surface area contributed by atoms with E-state index in [1.807, 2.05) is 12.5 Å². The van der Waals surface area contributed by atoms with E-state index in [4.69, 9.17) is 9.31 Å². The van der Waals surface area contributed by atoms with Crippen LogP contribution in [0, 0.1) is 0 Å². The normalized spacial score (nSPS) is 21.5. The van der Waals surface area contributed by atoms with Gasteiger partial charge in [-0.1, -0.05) is 18.2 Å². The molecule has 0 bridgehead atoms. The first-order valence-corrected chi connectivity index (χ1v) is 7.86. The predicted octanol–water partition coefficient (Wildman–Crippen LogP) is 2.41. The number of rotatable bonds is 1. The molecule has 4 nitrogen and oxygen atoms in total. The summed E-state index contributed by atoms with van der Waals surface area (Å²) >= 11 is 0. The molecule has 4 rings (SSSR count). The SMILES string of the molecule is CC1(C)OB(c2ccc3c(c2)-c2cncn2CC3)OC1(C)C. The highest BCUT2D eigenvalue weighted by atomic mass is 16.7. The summed E-state index contributed by atoms with van der Waals surface area (Å²) < 4.78 is 14.5. The van der Waals surface area contributed by atoms with E-state index in [1.165, 1.54) is 16.8 Å². The standard InChI is InChI=1S/C17H21BN2O2/c1-16(2)17(3,4)22-18(21-16)13-6-5-12-7-8-20-11-19-10-15(20)14(12)9-13/h5-6,9-11H,7-8H2,1-4H3. The number of hydrogen-bond acceptors (Lipinski definition) is 3. The largest absolute Gasteiger partial charge is 0.494 e. The fourth-order valence-electron chi connectivity index (χ4n) is 3.14. The van der Waals surface area contributed by atoms with Crippen LogP contribution in [-0.4, -0.2) is 27.9 Å². The highest BCUT2D eigenvalue weighted by molar-refractivity contribution is 6.62. The Balaban J connectivity index is 1.73. The zero-order valence-corrected chi connectivity index (χ0v) is 13.6. The molecule has 3 heterocycles. The zero-order valence-electron chi connectivity index (χ0n) is 13.6. The Morgan fingerprint density at radius 1 is 1.14 bits per heavy atom. The predicted molar refractivity (Wildman–Crippen MR) is 87.1 cm³/mol. The summed E-state index contributed by atoms with van der Waals surface area (Å²) in [4.78, 5) is 4.28. The van der Waals surface area contributed by atoms with Crippen LogP contribution >= 0.6 is 0 Å². The molecule has 0 unspecified atom stereocenters. The smallest absolute Gasteiger partial charge is 0.399 e. The van der Waals surface area contributed by atoms with Crippen molar-refractivity contribution in [3.8, 4) is 11.3 Å². The molecule has 0 saturated carbocycles. The van der Waals surface area contributed by atoms with Crippen molar-refractivity contribution in [1.82, 2.24) is 9.55 Å². The lowest BCUT2D eigenvalue weighted by molar-refractivity contribution is 0.00578. The number of fused-ring (bicyclic) bond motifs is 3. The molecular formula is C17H21BN2O2. The van der Waals surface area contributed by atoms with Gasteiger partial charge >= 0.3 is 7.12 Å². The van der Waals surface area contributed by atoms with Crippen LogP contribution < -0.4 is 5.46 Å². The van der Waals surface area contributed by atoms with Crippen molar-refractivity contribution in [2.75, 3.05) is 0 Å². The molecular weight excluding hydrogens is 275 g/mol. The Labute approximate surface area is 131 Å². The van der Waals surface area contributed by atoms with Crippen molar-refractivity contribution < 1.29 is 9.31 Å². The third kappa shape index (κ3) is 1.96.